The number of nitrogens with zero attached hydrogens (tertiary/aromatic N) is 3. The Bertz CT molecular complexity index is 429. The van der Waals surface area contributed by atoms with Crippen LogP contribution in [-0.4, -0.2) is 32.6 Å². The lowest BCUT2D eigenvalue weighted by Gasteiger charge is -2.11. The van der Waals surface area contributed by atoms with Gasteiger partial charge in [-0.1, -0.05) is 23.5 Å². The van der Waals surface area contributed by atoms with Crippen molar-refractivity contribution in [1.29, 1.82) is 0 Å². The summed E-state index contributed by atoms with van der Waals surface area (Å²) in [4.78, 5) is 12.3. The standard InChI is InChI=1S/C9H15N5O2S/c1-4(2)6-7(17-14-12-6)9(15)11-5(3)8(10)13-16/h4-5,16H,1-3H3,(H2,10,13)(H,11,15). The van der Waals surface area contributed by atoms with Crippen molar-refractivity contribution in [2.75, 3.05) is 0 Å². The summed E-state index contributed by atoms with van der Waals surface area (Å²) in [5.41, 5.74) is 6.03. The molecule has 0 saturated heterocycles. The van der Waals surface area contributed by atoms with Gasteiger partial charge in [-0.25, -0.2) is 0 Å². The number of carbonyl (C=O) groups excluding carboxylic acids is 1. The molecule has 0 saturated carbocycles. The maximum absolute atomic E-state index is 11.9. The van der Waals surface area contributed by atoms with Crippen molar-refractivity contribution in [3.8, 4) is 0 Å². The summed E-state index contributed by atoms with van der Waals surface area (Å²) in [5, 5.41) is 17.8. The number of amides is 1. The highest BCUT2D eigenvalue weighted by molar-refractivity contribution is 7.08. The van der Waals surface area contributed by atoms with E-state index in [0.29, 0.717) is 10.6 Å². The number of aromatic nitrogens is 2. The molecule has 7 nitrogen and oxygen atoms in total. The molecule has 0 aliphatic carbocycles. The molecule has 1 amide bonds. The van der Waals surface area contributed by atoms with Crippen LogP contribution in [0.1, 0.15) is 42.1 Å². The molecule has 17 heavy (non-hydrogen) atoms. The monoisotopic (exact) mass is 257 g/mol. The van der Waals surface area contributed by atoms with E-state index in [1.54, 1.807) is 6.92 Å². The van der Waals surface area contributed by atoms with Crippen LogP contribution < -0.4 is 11.1 Å². The minimum Gasteiger partial charge on any atom is -0.409 e. The summed E-state index contributed by atoms with van der Waals surface area (Å²) >= 11 is 1.03. The molecule has 8 heteroatoms. The van der Waals surface area contributed by atoms with Crippen LogP contribution in [0.15, 0.2) is 5.16 Å². The van der Waals surface area contributed by atoms with Crippen molar-refractivity contribution in [2.24, 2.45) is 10.9 Å². The van der Waals surface area contributed by atoms with E-state index < -0.39 is 6.04 Å². The first-order valence-corrected chi connectivity index (χ1v) is 5.85. The lowest BCUT2D eigenvalue weighted by molar-refractivity contribution is 0.0951. The molecule has 0 aliphatic rings. The molecular formula is C9H15N5O2S. The van der Waals surface area contributed by atoms with Gasteiger partial charge in [-0.3, -0.25) is 4.79 Å². The highest BCUT2D eigenvalue weighted by Gasteiger charge is 2.21. The zero-order valence-electron chi connectivity index (χ0n) is 9.84. The van der Waals surface area contributed by atoms with Gasteiger partial charge in [-0.2, -0.15) is 0 Å². The van der Waals surface area contributed by atoms with Crippen LogP contribution >= 0.6 is 11.5 Å². The SMILES string of the molecule is CC(NC(=O)c1snnc1C(C)C)C(N)=NO. The van der Waals surface area contributed by atoms with Gasteiger partial charge in [0.25, 0.3) is 5.91 Å². The van der Waals surface area contributed by atoms with E-state index >= 15 is 0 Å². The van der Waals surface area contributed by atoms with Gasteiger partial charge in [-0.15, -0.1) is 5.10 Å². The molecule has 0 aromatic carbocycles. The molecule has 0 aliphatic heterocycles. The maximum atomic E-state index is 11.9. The second-order valence-electron chi connectivity index (χ2n) is 3.86. The Morgan fingerprint density at radius 3 is 2.71 bits per heavy atom. The van der Waals surface area contributed by atoms with E-state index in [1.165, 1.54) is 0 Å². The van der Waals surface area contributed by atoms with E-state index in [9.17, 15) is 4.79 Å². The Morgan fingerprint density at radius 2 is 2.18 bits per heavy atom. The molecule has 94 valence electrons. The fourth-order valence-corrected chi connectivity index (χ4v) is 1.88. The van der Waals surface area contributed by atoms with Crippen LogP contribution in [0.5, 0.6) is 0 Å². The summed E-state index contributed by atoms with van der Waals surface area (Å²) in [7, 11) is 0. The van der Waals surface area contributed by atoms with Crippen LogP contribution in [0.3, 0.4) is 0 Å². The number of carbonyl (C=O) groups is 1. The van der Waals surface area contributed by atoms with Crippen LogP contribution in [0.2, 0.25) is 0 Å². The summed E-state index contributed by atoms with van der Waals surface area (Å²) in [6, 6.07) is -0.547. The van der Waals surface area contributed by atoms with Crippen LogP contribution in [0.4, 0.5) is 0 Å². The lowest BCUT2D eigenvalue weighted by atomic mass is 10.1. The average Bonchev–Trinajstić information content (AvgIpc) is 2.76. The van der Waals surface area contributed by atoms with Crippen molar-refractivity contribution in [3.63, 3.8) is 0 Å². The Hall–Kier alpha value is -1.70. The predicted octanol–water partition coefficient (Wildman–Crippen LogP) is 0.526. The molecule has 0 fully saturated rings. The third-order valence-electron chi connectivity index (χ3n) is 2.17. The zero-order valence-corrected chi connectivity index (χ0v) is 10.7. The van der Waals surface area contributed by atoms with Crippen molar-refractivity contribution < 1.29 is 10.0 Å². The minimum absolute atomic E-state index is 0.0538. The molecule has 4 N–H and O–H groups in total. The smallest absolute Gasteiger partial charge is 0.265 e. The number of rotatable bonds is 4. The van der Waals surface area contributed by atoms with Gasteiger partial charge in [0.2, 0.25) is 0 Å². The number of amidine groups is 1. The number of nitrogens with two attached hydrogens (primary N) is 1. The van der Waals surface area contributed by atoms with Crippen molar-refractivity contribution in [2.45, 2.75) is 32.7 Å². The molecule has 0 spiro atoms. The summed E-state index contributed by atoms with van der Waals surface area (Å²) in [5.74, 6) is -0.251. The summed E-state index contributed by atoms with van der Waals surface area (Å²) in [6.07, 6.45) is 0. The topological polar surface area (TPSA) is 113 Å². The lowest BCUT2D eigenvalue weighted by Crippen LogP contribution is -2.42. The van der Waals surface area contributed by atoms with Gasteiger partial charge >= 0.3 is 0 Å². The molecule has 1 rings (SSSR count). The number of nitrogens with one attached hydrogen (secondary N) is 1. The van der Waals surface area contributed by atoms with E-state index in [4.69, 9.17) is 10.9 Å². The van der Waals surface area contributed by atoms with E-state index in [1.807, 2.05) is 13.8 Å². The van der Waals surface area contributed by atoms with Gasteiger partial charge in [0.05, 0.1) is 11.7 Å². The number of hydrogen-bond acceptors (Lipinski definition) is 6. The third-order valence-corrected chi connectivity index (χ3v) is 2.91. The predicted molar refractivity (Wildman–Crippen MR) is 64.3 cm³/mol. The first-order chi connectivity index (χ1) is 7.97. The van der Waals surface area contributed by atoms with Gasteiger partial charge in [-0.05, 0) is 24.4 Å². The van der Waals surface area contributed by atoms with Crippen LogP contribution in [0, 0.1) is 0 Å². The van der Waals surface area contributed by atoms with Crippen LogP contribution in [-0.2, 0) is 0 Å². The fraction of sp³-hybridized carbons (Fsp3) is 0.556. The van der Waals surface area contributed by atoms with E-state index in [0.717, 1.165) is 11.5 Å². The molecule has 1 unspecified atom stereocenters. The molecule has 0 bridgehead atoms. The highest BCUT2D eigenvalue weighted by Crippen LogP contribution is 2.19. The molecule has 1 aromatic rings. The van der Waals surface area contributed by atoms with Crippen molar-refractivity contribution >= 4 is 23.3 Å². The van der Waals surface area contributed by atoms with Crippen LogP contribution in [0.25, 0.3) is 0 Å². The summed E-state index contributed by atoms with van der Waals surface area (Å²) in [6.45, 7) is 5.48. The highest BCUT2D eigenvalue weighted by atomic mass is 32.1. The maximum Gasteiger partial charge on any atom is 0.265 e. The molecule has 1 aromatic heterocycles. The molecule has 0 radical (unpaired) electrons. The van der Waals surface area contributed by atoms with Crippen molar-refractivity contribution in [1.82, 2.24) is 14.9 Å². The normalized spacial score (nSPS) is 13.8. The average molecular weight is 257 g/mol. The Morgan fingerprint density at radius 1 is 1.53 bits per heavy atom. The number of oxime groups is 1. The van der Waals surface area contributed by atoms with Gasteiger partial charge in [0.1, 0.15) is 4.88 Å². The first-order valence-electron chi connectivity index (χ1n) is 5.07. The second kappa shape index (κ2) is 5.58. The summed E-state index contributed by atoms with van der Waals surface area (Å²) < 4.78 is 3.76. The molecular weight excluding hydrogens is 242 g/mol. The molecule has 1 atom stereocenters. The van der Waals surface area contributed by atoms with E-state index in [2.05, 4.69) is 20.1 Å². The Balaban J connectivity index is 2.80. The van der Waals surface area contributed by atoms with Crippen molar-refractivity contribution in [3.05, 3.63) is 10.6 Å². The number of hydrogen-bond donors (Lipinski definition) is 3. The van der Waals surface area contributed by atoms with Gasteiger partial charge in [0.15, 0.2) is 5.84 Å². The van der Waals surface area contributed by atoms with Gasteiger partial charge < -0.3 is 16.3 Å². The zero-order chi connectivity index (χ0) is 13.0. The Labute approximate surface area is 103 Å². The first kappa shape index (κ1) is 13.4. The second-order valence-corrected chi connectivity index (χ2v) is 4.62. The van der Waals surface area contributed by atoms with E-state index in [-0.39, 0.29) is 17.7 Å². The quantitative estimate of drug-likeness (QED) is 0.315. The third kappa shape index (κ3) is 3.13. The largest absolute Gasteiger partial charge is 0.409 e. The minimum atomic E-state index is -0.547. The Kier molecular flexibility index (Phi) is 4.38. The molecule has 1 heterocycles. The fourth-order valence-electron chi connectivity index (χ4n) is 1.16. The van der Waals surface area contributed by atoms with Gasteiger partial charge in [0, 0.05) is 0 Å².